The van der Waals surface area contributed by atoms with E-state index >= 15 is 0 Å². The molecule has 0 aliphatic heterocycles. The van der Waals surface area contributed by atoms with Crippen LogP contribution in [0.15, 0.2) is 24.5 Å². The molecule has 5 heteroatoms. The van der Waals surface area contributed by atoms with E-state index in [4.69, 9.17) is 5.11 Å². The summed E-state index contributed by atoms with van der Waals surface area (Å²) in [5.74, 6) is 0. The first-order valence-electron chi connectivity index (χ1n) is 3.55. The molecule has 0 saturated carbocycles. The van der Waals surface area contributed by atoms with E-state index in [1.165, 1.54) is 18.3 Å². The first-order valence-corrected chi connectivity index (χ1v) is 3.55. The van der Waals surface area contributed by atoms with Gasteiger partial charge in [-0.1, -0.05) is 6.07 Å². The third kappa shape index (κ3) is 1.80. The Balaban J connectivity index is 3.08. The minimum Gasteiger partial charge on any atom is -0.376 e. The van der Waals surface area contributed by atoms with Gasteiger partial charge in [0.25, 0.3) is 0 Å². The predicted octanol–water partition coefficient (Wildman–Crippen LogP) is 1.85. The fourth-order valence-electron chi connectivity index (χ4n) is 0.814. The Morgan fingerprint density at radius 3 is 2.38 bits per heavy atom. The summed E-state index contributed by atoms with van der Waals surface area (Å²) in [6.07, 6.45) is -2.35. The first kappa shape index (κ1) is 9.98. The van der Waals surface area contributed by atoms with Crippen LogP contribution in [0.25, 0.3) is 0 Å². The van der Waals surface area contributed by atoms with Crippen molar-refractivity contribution in [2.75, 3.05) is 0 Å². The van der Waals surface area contributed by atoms with Gasteiger partial charge in [0.05, 0.1) is 0 Å². The van der Waals surface area contributed by atoms with Crippen molar-refractivity contribution in [3.8, 4) is 0 Å². The lowest BCUT2D eigenvalue weighted by molar-refractivity contribution is -0.259. The van der Waals surface area contributed by atoms with Gasteiger partial charge in [-0.3, -0.25) is 4.98 Å². The zero-order valence-electron chi connectivity index (χ0n) is 6.84. The Kier molecular flexibility index (Phi) is 2.30. The Labute approximate surface area is 73.0 Å². The highest BCUT2D eigenvalue weighted by Gasteiger charge is 2.51. The van der Waals surface area contributed by atoms with Gasteiger partial charge in [-0.15, -0.1) is 0 Å². The average molecular weight is 191 g/mol. The first-order chi connectivity index (χ1) is 5.86. The van der Waals surface area contributed by atoms with E-state index in [2.05, 4.69) is 4.98 Å². The van der Waals surface area contributed by atoms with Gasteiger partial charge >= 0.3 is 6.18 Å². The molecule has 0 aromatic carbocycles. The lowest BCUT2D eigenvalue weighted by Crippen LogP contribution is -2.39. The van der Waals surface area contributed by atoms with Crippen LogP contribution >= 0.6 is 0 Å². The van der Waals surface area contributed by atoms with Crippen molar-refractivity contribution >= 4 is 0 Å². The van der Waals surface area contributed by atoms with Crippen LogP contribution in [-0.2, 0) is 5.60 Å². The van der Waals surface area contributed by atoms with E-state index in [1.807, 2.05) is 0 Å². The number of nitrogens with zero attached hydrogens (tertiary/aromatic N) is 1. The number of hydrogen-bond acceptors (Lipinski definition) is 2. The average Bonchev–Trinajstić information content (AvgIpc) is 2.04. The molecule has 0 radical (unpaired) electrons. The number of aromatic nitrogens is 1. The standard InChI is InChI=1S/C8H8F3NO/c1-7(13,8(9,10)11)6-3-2-4-12-5-6/h2-5,13H,1H3/t7-/m0/s1. The van der Waals surface area contributed by atoms with Gasteiger partial charge in [0.1, 0.15) is 0 Å². The third-order valence-electron chi connectivity index (χ3n) is 1.78. The highest BCUT2D eigenvalue weighted by atomic mass is 19.4. The molecule has 1 atom stereocenters. The fourth-order valence-corrected chi connectivity index (χ4v) is 0.814. The number of alkyl halides is 3. The van der Waals surface area contributed by atoms with Crippen LogP contribution in [-0.4, -0.2) is 16.3 Å². The molecule has 1 aromatic heterocycles. The Hall–Kier alpha value is -1.10. The number of rotatable bonds is 1. The molecule has 72 valence electrons. The monoisotopic (exact) mass is 191 g/mol. The second-order valence-corrected chi connectivity index (χ2v) is 2.81. The van der Waals surface area contributed by atoms with Crippen LogP contribution in [0, 0.1) is 0 Å². The van der Waals surface area contributed by atoms with Crippen LogP contribution in [0.2, 0.25) is 0 Å². The van der Waals surface area contributed by atoms with Crippen LogP contribution in [0.1, 0.15) is 12.5 Å². The lowest BCUT2D eigenvalue weighted by Gasteiger charge is -2.25. The Morgan fingerprint density at radius 1 is 1.38 bits per heavy atom. The predicted molar refractivity (Wildman–Crippen MR) is 39.9 cm³/mol. The van der Waals surface area contributed by atoms with E-state index < -0.39 is 11.8 Å². The van der Waals surface area contributed by atoms with E-state index in [0.717, 1.165) is 6.20 Å². The summed E-state index contributed by atoms with van der Waals surface area (Å²) in [7, 11) is 0. The highest BCUT2D eigenvalue weighted by Crippen LogP contribution is 2.37. The topological polar surface area (TPSA) is 33.1 Å². The molecule has 0 unspecified atom stereocenters. The van der Waals surface area contributed by atoms with Gasteiger partial charge in [-0.2, -0.15) is 13.2 Å². The smallest absolute Gasteiger partial charge is 0.376 e. The minimum absolute atomic E-state index is 0.262. The fraction of sp³-hybridized carbons (Fsp3) is 0.375. The summed E-state index contributed by atoms with van der Waals surface area (Å²) in [5.41, 5.74) is -3.09. The van der Waals surface area contributed by atoms with Crippen LogP contribution in [0.3, 0.4) is 0 Å². The summed E-state index contributed by atoms with van der Waals surface area (Å²) in [4.78, 5) is 3.50. The van der Waals surface area contributed by atoms with Crippen molar-refractivity contribution in [2.45, 2.75) is 18.7 Å². The SMILES string of the molecule is C[C@](O)(c1cccnc1)C(F)(F)F. The molecule has 0 aliphatic carbocycles. The van der Waals surface area contributed by atoms with Gasteiger partial charge in [0.15, 0.2) is 5.60 Å². The molecule has 0 aliphatic rings. The van der Waals surface area contributed by atoms with Crippen molar-refractivity contribution in [3.05, 3.63) is 30.1 Å². The maximum atomic E-state index is 12.2. The minimum atomic E-state index is -4.68. The molecule has 1 N–H and O–H groups in total. The molecule has 0 fully saturated rings. The lowest BCUT2D eigenvalue weighted by atomic mass is 9.97. The van der Waals surface area contributed by atoms with Crippen molar-refractivity contribution in [1.29, 1.82) is 0 Å². The van der Waals surface area contributed by atoms with Crippen molar-refractivity contribution in [1.82, 2.24) is 4.98 Å². The largest absolute Gasteiger partial charge is 0.421 e. The van der Waals surface area contributed by atoms with E-state index in [9.17, 15) is 13.2 Å². The summed E-state index contributed by atoms with van der Waals surface area (Å²) in [5, 5.41) is 9.16. The number of hydrogen-bond donors (Lipinski definition) is 1. The normalized spacial score (nSPS) is 16.7. The maximum Gasteiger partial charge on any atom is 0.421 e. The molecule has 0 spiro atoms. The number of pyridine rings is 1. The van der Waals surface area contributed by atoms with Gasteiger partial charge in [-0.25, -0.2) is 0 Å². The van der Waals surface area contributed by atoms with Crippen LogP contribution in [0.5, 0.6) is 0 Å². The summed E-state index contributed by atoms with van der Waals surface area (Å²) in [6.45, 7) is 0.698. The van der Waals surface area contributed by atoms with Gasteiger partial charge in [0.2, 0.25) is 0 Å². The Bertz CT molecular complexity index is 281. The van der Waals surface area contributed by atoms with Crippen molar-refractivity contribution in [3.63, 3.8) is 0 Å². The molecule has 1 rings (SSSR count). The summed E-state index contributed by atoms with van der Waals surface area (Å²) >= 11 is 0. The zero-order valence-corrected chi connectivity index (χ0v) is 6.84. The second kappa shape index (κ2) is 2.99. The molecule has 0 bridgehead atoms. The van der Waals surface area contributed by atoms with Gasteiger partial charge in [0, 0.05) is 18.0 Å². The van der Waals surface area contributed by atoms with Crippen LogP contribution < -0.4 is 0 Å². The van der Waals surface area contributed by atoms with E-state index in [0.29, 0.717) is 6.92 Å². The summed E-state index contributed by atoms with van der Waals surface area (Å²) in [6, 6.07) is 2.52. The van der Waals surface area contributed by atoms with Crippen molar-refractivity contribution in [2.24, 2.45) is 0 Å². The molecule has 1 heterocycles. The summed E-state index contributed by atoms with van der Waals surface area (Å²) < 4.78 is 36.7. The number of halogens is 3. The third-order valence-corrected chi connectivity index (χ3v) is 1.78. The van der Waals surface area contributed by atoms with Crippen molar-refractivity contribution < 1.29 is 18.3 Å². The second-order valence-electron chi connectivity index (χ2n) is 2.81. The molecule has 13 heavy (non-hydrogen) atoms. The molecular formula is C8H8F3NO. The van der Waals surface area contributed by atoms with Gasteiger partial charge < -0.3 is 5.11 Å². The molecule has 0 amide bonds. The number of aliphatic hydroxyl groups is 1. The van der Waals surface area contributed by atoms with E-state index in [-0.39, 0.29) is 5.56 Å². The van der Waals surface area contributed by atoms with Crippen LogP contribution in [0.4, 0.5) is 13.2 Å². The maximum absolute atomic E-state index is 12.2. The van der Waals surface area contributed by atoms with E-state index in [1.54, 1.807) is 0 Å². The molecule has 0 saturated heterocycles. The van der Waals surface area contributed by atoms with Gasteiger partial charge in [-0.05, 0) is 13.0 Å². The highest BCUT2D eigenvalue weighted by molar-refractivity contribution is 5.18. The molecule has 1 aromatic rings. The molecule has 2 nitrogen and oxygen atoms in total. The molecular weight excluding hydrogens is 183 g/mol. The quantitative estimate of drug-likeness (QED) is 0.734. The Morgan fingerprint density at radius 2 is 2.00 bits per heavy atom. The zero-order chi connectivity index (χ0) is 10.1.